The minimum absolute atomic E-state index is 0.000270. The summed E-state index contributed by atoms with van der Waals surface area (Å²) >= 11 is 0. The van der Waals surface area contributed by atoms with Crippen molar-refractivity contribution in [3.8, 4) is 0 Å². The summed E-state index contributed by atoms with van der Waals surface area (Å²) in [5.41, 5.74) is 0.000270. The highest BCUT2D eigenvalue weighted by molar-refractivity contribution is 6.07. The van der Waals surface area contributed by atoms with Crippen molar-refractivity contribution in [2.75, 3.05) is 25.0 Å². The molecule has 11 heteroatoms. The van der Waals surface area contributed by atoms with E-state index < -0.39 is 72.8 Å². The number of benzene rings is 1. The molecule has 9 nitrogen and oxygen atoms in total. The van der Waals surface area contributed by atoms with E-state index in [1.165, 1.54) is 0 Å². The molecule has 1 aliphatic heterocycles. The molecule has 31 heavy (non-hydrogen) atoms. The van der Waals surface area contributed by atoms with Crippen molar-refractivity contribution in [2.24, 2.45) is 11.8 Å². The van der Waals surface area contributed by atoms with Gasteiger partial charge >= 0.3 is 5.97 Å². The highest BCUT2D eigenvalue weighted by Gasteiger charge is 2.47. The number of esters is 1. The Morgan fingerprint density at radius 2 is 1.65 bits per heavy atom. The van der Waals surface area contributed by atoms with Crippen molar-refractivity contribution in [3.05, 3.63) is 42.0 Å². The predicted octanol–water partition coefficient (Wildman–Crippen LogP) is 0.514. The van der Waals surface area contributed by atoms with Gasteiger partial charge in [-0.05, 0) is 25.0 Å². The van der Waals surface area contributed by atoms with Crippen LogP contribution in [-0.2, 0) is 28.7 Å². The van der Waals surface area contributed by atoms with Crippen LogP contribution in [0.25, 0.3) is 0 Å². The number of nitrogens with one attached hydrogen (secondary N) is 2. The molecular weight excluding hydrogens is 416 g/mol. The Hall–Kier alpha value is -3.63. The lowest BCUT2D eigenvalue weighted by Gasteiger charge is -2.14. The summed E-state index contributed by atoms with van der Waals surface area (Å²) < 4.78 is 30.7. The molecule has 0 saturated carbocycles. The highest BCUT2D eigenvalue weighted by atomic mass is 19.2. The van der Waals surface area contributed by atoms with Crippen molar-refractivity contribution < 1.29 is 37.5 Å². The Balaban J connectivity index is 1.39. The van der Waals surface area contributed by atoms with Crippen LogP contribution >= 0.6 is 0 Å². The summed E-state index contributed by atoms with van der Waals surface area (Å²) in [6, 6.07) is 2.77. The number of imide groups is 1. The molecular formula is C20H19F2N3O6. The maximum atomic E-state index is 13.1. The molecule has 2 aliphatic rings. The number of carbonyl (C=O) groups excluding carboxylic acids is 5. The van der Waals surface area contributed by atoms with Crippen LogP contribution in [0.5, 0.6) is 0 Å². The number of likely N-dealkylation sites (tertiary alicyclic amines) is 1. The summed E-state index contributed by atoms with van der Waals surface area (Å²) in [4.78, 5) is 60.8. The standard InChI is InChI=1S/C20H19F2N3O6/c21-14-6-5-11(7-15(14)22)24-16(26)8-23-17(27)10-31-18(28)9-25-19(29)12-3-1-2-4-13(12)20(25)30/h1-2,5-7,12-13H,3-4,8-10H2,(H,23,27)(H,24,26). The lowest BCUT2D eigenvalue weighted by atomic mass is 9.85. The smallest absolute Gasteiger partial charge is 0.326 e. The van der Waals surface area contributed by atoms with Gasteiger partial charge in [-0.2, -0.15) is 0 Å². The van der Waals surface area contributed by atoms with Crippen LogP contribution in [0.4, 0.5) is 14.5 Å². The second kappa shape index (κ2) is 9.45. The van der Waals surface area contributed by atoms with Crippen LogP contribution in [0.2, 0.25) is 0 Å². The third kappa shape index (κ3) is 5.30. The molecule has 4 amide bonds. The van der Waals surface area contributed by atoms with Crippen LogP contribution < -0.4 is 10.6 Å². The second-order valence-corrected chi connectivity index (χ2v) is 7.03. The number of allylic oxidation sites excluding steroid dienone is 2. The van der Waals surface area contributed by atoms with Crippen molar-refractivity contribution in [2.45, 2.75) is 12.8 Å². The first-order chi connectivity index (χ1) is 14.8. The fraction of sp³-hybridized carbons (Fsp3) is 0.350. The van der Waals surface area contributed by atoms with Crippen LogP contribution in [0.15, 0.2) is 30.4 Å². The number of hydrogen-bond acceptors (Lipinski definition) is 6. The summed E-state index contributed by atoms with van der Waals surface area (Å²) in [6.07, 6.45) is 4.52. The molecule has 2 atom stereocenters. The van der Waals surface area contributed by atoms with Gasteiger partial charge in [-0.3, -0.25) is 28.9 Å². The summed E-state index contributed by atoms with van der Waals surface area (Å²) in [6.45, 7) is -1.81. The van der Waals surface area contributed by atoms with Gasteiger partial charge in [0, 0.05) is 11.8 Å². The number of anilines is 1. The van der Waals surface area contributed by atoms with E-state index in [9.17, 15) is 32.8 Å². The predicted molar refractivity (Wildman–Crippen MR) is 101 cm³/mol. The normalized spacial score (nSPS) is 19.7. The molecule has 1 saturated heterocycles. The Labute approximate surface area is 175 Å². The third-order valence-corrected chi connectivity index (χ3v) is 4.90. The first-order valence-corrected chi connectivity index (χ1v) is 9.43. The first kappa shape index (κ1) is 22.1. The van der Waals surface area contributed by atoms with Crippen molar-refractivity contribution in [1.29, 1.82) is 0 Å². The molecule has 0 radical (unpaired) electrons. The van der Waals surface area contributed by atoms with Gasteiger partial charge in [0.05, 0.1) is 18.4 Å². The largest absolute Gasteiger partial charge is 0.454 e. The Morgan fingerprint density at radius 3 is 2.26 bits per heavy atom. The van der Waals surface area contributed by atoms with E-state index in [-0.39, 0.29) is 5.69 Å². The lowest BCUT2D eigenvalue weighted by molar-refractivity contribution is -0.155. The Morgan fingerprint density at radius 1 is 1.00 bits per heavy atom. The van der Waals surface area contributed by atoms with E-state index in [4.69, 9.17) is 4.74 Å². The monoisotopic (exact) mass is 435 g/mol. The van der Waals surface area contributed by atoms with Gasteiger partial charge in [0.2, 0.25) is 17.7 Å². The van der Waals surface area contributed by atoms with Crippen LogP contribution in [0.1, 0.15) is 12.8 Å². The average molecular weight is 435 g/mol. The maximum Gasteiger partial charge on any atom is 0.326 e. The van der Waals surface area contributed by atoms with E-state index in [1.54, 1.807) is 0 Å². The van der Waals surface area contributed by atoms with Gasteiger partial charge in [-0.1, -0.05) is 12.2 Å². The molecule has 2 N–H and O–H groups in total. The number of rotatable bonds is 7. The van der Waals surface area contributed by atoms with E-state index in [0.29, 0.717) is 12.8 Å². The Kier molecular flexibility index (Phi) is 6.73. The molecule has 1 heterocycles. The van der Waals surface area contributed by atoms with Crippen LogP contribution in [0.3, 0.4) is 0 Å². The zero-order valence-electron chi connectivity index (χ0n) is 16.2. The molecule has 1 aromatic carbocycles. The van der Waals surface area contributed by atoms with E-state index in [2.05, 4.69) is 10.6 Å². The van der Waals surface area contributed by atoms with Gasteiger partial charge in [-0.15, -0.1) is 0 Å². The number of halogens is 2. The molecule has 0 bridgehead atoms. The molecule has 164 valence electrons. The minimum atomic E-state index is -1.14. The third-order valence-electron chi connectivity index (χ3n) is 4.90. The van der Waals surface area contributed by atoms with Gasteiger partial charge in [0.1, 0.15) is 6.54 Å². The fourth-order valence-corrected chi connectivity index (χ4v) is 3.35. The van der Waals surface area contributed by atoms with Crippen molar-refractivity contribution in [1.82, 2.24) is 10.2 Å². The number of nitrogens with zero attached hydrogens (tertiary/aromatic N) is 1. The molecule has 1 aromatic rings. The molecule has 0 aromatic heterocycles. The second-order valence-electron chi connectivity index (χ2n) is 7.03. The number of carbonyl (C=O) groups is 5. The van der Waals surface area contributed by atoms with Gasteiger partial charge in [0.25, 0.3) is 5.91 Å². The quantitative estimate of drug-likeness (QED) is 0.366. The van der Waals surface area contributed by atoms with Crippen LogP contribution in [-0.4, -0.2) is 54.2 Å². The van der Waals surface area contributed by atoms with Crippen molar-refractivity contribution in [3.63, 3.8) is 0 Å². The van der Waals surface area contributed by atoms with Crippen LogP contribution in [0, 0.1) is 23.5 Å². The maximum absolute atomic E-state index is 13.1. The number of ether oxygens (including phenoxy) is 1. The van der Waals surface area contributed by atoms with Gasteiger partial charge < -0.3 is 15.4 Å². The molecule has 0 spiro atoms. The fourth-order valence-electron chi connectivity index (χ4n) is 3.35. The highest BCUT2D eigenvalue weighted by Crippen LogP contribution is 2.34. The minimum Gasteiger partial charge on any atom is -0.454 e. The zero-order chi connectivity index (χ0) is 22.5. The lowest BCUT2D eigenvalue weighted by Crippen LogP contribution is -2.39. The van der Waals surface area contributed by atoms with E-state index >= 15 is 0 Å². The summed E-state index contributed by atoms with van der Waals surface area (Å²) in [5.74, 6) is -6.47. The number of hydrogen-bond donors (Lipinski definition) is 2. The SMILES string of the molecule is O=C(COC(=O)CN1C(=O)C2CC=CCC2C1=O)NCC(=O)Nc1ccc(F)c(F)c1. The summed E-state index contributed by atoms with van der Waals surface area (Å²) in [7, 11) is 0. The zero-order valence-corrected chi connectivity index (χ0v) is 16.2. The van der Waals surface area contributed by atoms with Gasteiger partial charge in [0.15, 0.2) is 18.2 Å². The van der Waals surface area contributed by atoms with E-state index in [0.717, 1.165) is 23.1 Å². The summed E-state index contributed by atoms with van der Waals surface area (Å²) in [5, 5.41) is 4.44. The van der Waals surface area contributed by atoms with Crippen molar-refractivity contribution >= 4 is 35.3 Å². The Bertz CT molecular complexity index is 938. The molecule has 2 unspecified atom stereocenters. The molecule has 1 aliphatic carbocycles. The average Bonchev–Trinajstić information content (AvgIpc) is 2.98. The number of fused-ring (bicyclic) bond motifs is 1. The van der Waals surface area contributed by atoms with Gasteiger partial charge in [-0.25, -0.2) is 8.78 Å². The molecule has 1 fully saturated rings. The first-order valence-electron chi connectivity index (χ1n) is 9.43. The topological polar surface area (TPSA) is 122 Å². The molecule has 3 rings (SSSR count). The van der Waals surface area contributed by atoms with E-state index in [1.807, 2.05) is 12.2 Å². The number of amides is 4.